The molecule has 0 atom stereocenters. The van der Waals surface area contributed by atoms with Crippen molar-refractivity contribution in [3.8, 4) is 0 Å². The second kappa shape index (κ2) is 5.91. The lowest BCUT2D eigenvalue weighted by molar-refractivity contribution is 0.235. The average Bonchev–Trinajstić information content (AvgIpc) is 3.43. The lowest BCUT2D eigenvalue weighted by atomic mass is 9.82. The average molecular weight is 318 g/mol. The number of hydrogen-bond donors (Lipinski definition) is 0. The van der Waals surface area contributed by atoms with Gasteiger partial charge >= 0.3 is 0 Å². The van der Waals surface area contributed by atoms with Crippen LogP contribution in [-0.2, 0) is 0 Å². The van der Waals surface area contributed by atoms with Crippen molar-refractivity contribution in [1.82, 2.24) is 9.88 Å². The Morgan fingerprint density at radius 3 is 2.62 bits per heavy atom. The van der Waals surface area contributed by atoms with E-state index in [-0.39, 0.29) is 0 Å². The van der Waals surface area contributed by atoms with E-state index in [0.29, 0.717) is 0 Å². The Bertz CT molecular complexity index is 728. The van der Waals surface area contributed by atoms with Crippen LogP contribution in [0.1, 0.15) is 63.4 Å². The van der Waals surface area contributed by atoms with Crippen molar-refractivity contribution < 1.29 is 0 Å². The number of rotatable bonds is 3. The van der Waals surface area contributed by atoms with Crippen LogP contribution in [0.25, 0.3) is 5.57 Å². The number of hydrogen-bond acceptors (Lipinski definition) is 2. The predicted octanol–water partition coefficient (Wildman–Crippen LogP) is 5.46. The molecule has 0 N–H and O–H groups in total. The smallest absolute Gasteiger partial charge is 0.0480 e. The monoisotopic (exact) mass is 318 g/mol. The summed E-state index contributed by atoms with van der Waals surface area (Å²) < 4.78 is 0. The molecule has 0 amide bonds. The normalized spacial score (nSPS) is 23.8. The van der Waals surface area contributed by atoms with Crippen LogP contribution in [0.4, 0.5) is 0 Å². The maximum Gasteiger partial charge on any atom is 0.0480 e. The Morgan fingerprint density at radius 2 is 1.92 bits per heavy atom. The Hall–Kier alpha value is -1.83. The van der Waals surface area contributed by atoms with Gasteiger partial charge in [0.15, 0.2) is 0 Å². The van der Waals surface area contributed by atoms with Crippen molar-refractivity contribution in [3.63, 3.8) is 0 Å². The molecule has 0 saturated heterocycles. The summed E-state index contributed by atoms with van der Waals surface area (Å²) in [4.78, 5) is 7.15. The van der Waals surface area contributed by atoms with E-state index in [4.69, 9.17) is 0 Å². The molecule has 124 valence electrons. The third-order valence-corrected chi connectivity index (χ3v) is 6.12. The molecule has 4 aliphatic rings. The largest absolute Gasteiger partial charge is 0.344 e. The Morgan fingerprint density at radius 1 is 1.04 bits per heavy atom. The summed E-state index contributed by atoms with van der Waals surface area (Å²) in [5.41, 5.74) is 9.20. The minimum absolute atomic E-state index is 0.906. The molecule has 1 aliphatic heterocycles. The highest BCUT2D eigenvalue weighted by Crippen LogP contribution is 2.48. The van der Waals surface area contributed by atoms with E-state index < -0.39 is 0 Å². The third kappa shape index (κ3) is 2.53. The van der Waals surface area contributed by atoms with Gasteiger partial charge in [-0.2, -0.15) is 0 Å². The van der Waals surface area contributed by atoms with Crippen LogP contribution < -0.4 is 0 Å². The SMILES string of the molecule is C1=C(c2cccnc2)C(=C2CC2)N(CC2CCC2)C2=C1CCCC2. The maximum atomic E-state index is 4.39. The zero-order chi connectivity index (χ0) is 15.9. The molecule has 0 unspecified atom stereocenters. The van der Waals surface area contributed by atoms with Gasteiger partial charge in [-0.3, -0.25) is 4.98 Å². The van der Waals surface area contributed by atoms with Gasteiger partial charge in [0.25, 0.3) is 0 Å². The molecule has 2 heterocycles. The lowest BCUT2D eigenvalue weighted by Crippen LogP contribution is -2.35. The quantitative estimate of drug-likeness (QED) is 0.736. The molecule has 2 saturated carbocycles. The zero-order valence-corrected chi connectivity index (χ0v) is 14.4. The number of nitrogens with zero attached hydrogens (tertiary/aromatic N) is 2. The molecule has 0 aromatic carbocycles. The lowest BCUT2D eigenvalue weighted by Gasteiger charge is -2.42. The first-order valence-electron chi connectivity index (χ1n) is 9.74. The van der Waals surface area contributed by atoms with Crippen LogP contribution in [0.2, 0.25) is 0 Å². The van der Waals surface area contributed by atoms with Gasteiger partial charge in [-0.1, -0.05) is 12.5 Å². The summed E-state index contributed by atoms with van der Waals surface area (Å²) >= 11 is 0. The van der Waals surface area contributed by atoms with Gasteiger partial charge in [-0.25, -0.2) is 0 Å². The fourth-order valence-electron chi connectivity index (χ4n) is 4.46. The second-order valence-corrected chi connectivity index (χ2v) is 7.84. The van der Waals surface area contributed by atoms with Crippen LogP contribution in [0.5, 0.6) is 0 Å². The van der Waals surface area contributed by atoms with Gasteiger partial charge in [-0.15, -0.1) is 0 Å². The molecule has 2 heteroatoms. The minimum Gasteiger partial charge on any atom is -0.344 e. The molecule has 1 aromatic heterocycles. The fraction of sp³-hybridized carbons (Fsp3) is 0.500. The summed E-state index contributed by atoms with van der Waals surface area (Å²) in [5.74, 6) is 0.906. The Balaban J connectivity index is 1.61. The molecule has 2 fully saturated rings. The van der Waals surface area contributed by atoms with E-state index in [0.717, 1.165) is 5.92 Å². The maximum absolute atomic E-state index is 4.39. The Kier molecular flexibility index (Phi) is 3.57. The van der Waals surface area contributed by atoms with Gasteiger partial charge in [-0.05, 0) is 80.6 Å². The first-order chi connectivity index (χ1) is 11.9. The van der Waals surface area contributed by atoms with Crippen molar-refractivity contribution in [3.05, 3.63) is 58.7 Å². The van der Waals surface area contributed by atoms with Crippen molar-refractivity contribution in [2.75, 3.05) is 6.54 Å². The van der Waals surface area contributed by atoms with E-state index in [2.05, 4.69) is 28.1 Å². The molecule has 5 rings (SSSR count). The van der Waals surface area contributed by atoms with E-state index in [1.165, 1.54) is 75.5 Å². The first kappa shape index (κ1) is 14.5. The van der Waals surface area contributed by atoms with Gasteiger partial charge in [0, 0.05) is 41.5 Å². The summed E-state index contributed by atoms with van der Waals surface area (Å²) in [6, 6.07) is 4.31. The van der Waals surface area contributed by atoms with Crippen molar-refractivity contribution in [2.24, 2.45) is 5.92 Å². The predicted molar refractivity (Wildman–Crippen MR) is 98.0 cm³/mol. The fourth-order valence-corrected chi connectivity index (χ4v) is 4.46. The molecule has 0 bridgehead atoms. The highest BCUT2D eigenvalue weighted by Gasteiger charge is 2.34. The molecule has 0 radical (unpaired) electrons. The molecule has 2 nitrogen and oxygen atoms in total. The Labute approximate surface area is 145 Å². The molecule has 0 spiro atoms. The molecule has 24 heavy (non-hydrogen) atoms. The summed E-state index contributed by atoms with van der Waals surface area (Å²) in [7, 11) is 0. The van der Waals surface area contributed by atoms with Gasteiger partial charge in [0.05, 0.1) is 0 Å². The molecular weight excluding hydrogens is 292 g/mol. The van der Waals surface area contributed by atoms with Crippen LogP contribution in [0.3, 0.4) is 0 Å². The van der Waals surface area contributed by atoms with Crippen molar-refractivity contribution >= 4 is 5.57 Å². The summed E-state index contributed by atoms with van der Waals surface area (Å²) in [6.45, 7) is 1.25. The van der Waals surface area contributed by atoms with E-state index in [1.54, 1.807) is 22.5 Å². The highest BCUT2D eigenvalue weighted by molar-refractivity contribution is 5.83. The van der Waals surface area contributed by atoms with Crippen LogP contribution in [0, 0.1) is 5.92 Å². The summed E-state index contributed by atoms with van der Waals surface area (Å²) in [6.07, 6.45) is 18.5. The topological polar surface area (TPSA) is 16.1 Å². The number of aromatic nitrogens is 1. The van der Waals surface area contributed by atoms with Crippen LogP contribution in [-0.4, -0.2) is 16.4 Å². The minimum atomic E-state index is 0.906. The van der Waals surface area contributed by atoms with Crippen molar-refractivity contribution in [1.29, 1.82) is 0 Å². The van der Waals surface area contributed by atoms with E-state index >= 15 is 0 Å². The van der Waals surface area contributed by atoms with Crippen molar-refractivity contribution in [2.45, 2.75) is 57.8 Å². The standard InChI is InChI=1S/C22H26N2/c1-2-9-21-18(7-1)13-20(19-8-4-12-23-14-19)22(17-10-11-17)24(21)15-16-5-3-6-16/h4,8,12-14,16H,1-3,5-7,9-11,15H2. The van der Waals surface area contributed by atoms with Crippen LogP contribution in [0.15, 0.2) is 53.1 Å². The van der Waals surface area contributed by atoms with Gasteiger partial charge in [0.1, 0.15) is 0 Å². The second-order valence-electron chi connectivity index (χ2n) is 7.84. The van der Waals surface area contributed by atoms with Gasteiger partial charge in [0.2, 0.25) is 0 Å². The van der Waals surface area contributed by atoms with Crippen LogP contribution >= 0.6 is 0 Å². The first-order valence-corrected chi connectivity index (χ1v) is 9.74. The van der Waals surface area contributed by atoms with E-state index in [9.17, 15) is 0 Å². The molecule has 3 aliphatic carbocycles. The number of pyridine rings is 1. The van der Waals surface area contributed by atoms with E-state index in [1.807, 2.05) is 12.4 Å². The molecule has 1 aromatic rings. The number of allylic oxidation sites excluding steroid dienone is 5. The van der Waals surface area contributed by atoms with Gasteiger partial charge < -0.3 is 4.90 Å². The summed E-state index contributed by atoms with van der Waals surface area (Å²) in [5, 5.41) is 0. The highest BCUT2D eigenvalue weighted by atomic mass is 15.2. The zero-order valence-electron chi connectivity index (χ0n) is 14.4. The third-order valence-electron chi connectivity index (χ3n) is 6.12. The molecular formula is C22H26N2.